The molecule has 1 rings (SSSR count). The van der Waals surface area contributed by atoms with Crippen LogP contribution in [-0.4, -0.2) is 0 Å². The number of halogens is 4. The summed E-state index contributed by atoms with van der Waals surface area (Å²) >= 11 is 0. The molecule has 0 aliphatic carbocycles. The van der Waals surface area contributed by atoms with Crippen LogP contribution in [0.3, 0.4) is 0 Å². The van der Waals surface area contributed by atoms with E-state index < -0.39 is 17.6 Å². The standard InChI is InChI=1S/C7H3F4.Sc/c8-6-3-1-2-5(4-6)7(9,10)11;/h2-4H;/q-1;. The Hall–Kier alpha value is -0.190. The van der Waals surface area contributed by atoms with E-state index in [0.717, 1.165) is 6.07 Å². The van der Waals surface area contributed by atoms with E-state index in [1.54, 1.807) is 0 Å². The third-order valence-electron chi connectivity index (χ3n) is 1.08. The van der Waals surface area contributed by atoms with Crippen LogP contribution in [0.1, 0.15) is 5.56 Å². The molecule has 0 aliphatic heterocycles. The molecule has 0 heterocycles. The van der Waals surface area contributed by atoms with Gasteiger partial charge in [-0.05, 0) is 0 Å². The number of hydrogen-bond acceptors (Lipinski definition) is 0. The summed E-state index contributed by atoms with van der Waals surface area (Å²) in [5.41, 5.74) is -1.02. The molecule has 0 aliphatic rings. The topological polar surface area (TPSA) is 0 Å². The predicted octanol–water partition coefficient (Wildman–Crippen LogP) is 2.64. The molecule has 0 spiro atoms. The average molecular weight is 208 g/mol. The molecule has 0 fully saturated rings. The molecule has 1 aromatic rings. The number of rotatable bonds is 0. The molecule has 1 aromatic carbocycles. The number of hydrogen-bond donors (Lipinski definition) is 0. The van der Waals surface area contributed by atoms with E-state index in [0.29, 0.717) is 12.1 Å². The van der Waals surface area contributed by atoms with Crippen LogP contribution >= 0.6 is 0 Å². The van der Waals surface area contributed by atoms with Crippen LogP contribution in [0.15, 0.2) is 18.2 Å². The quantitative estimate of drug-likeness (QED) is 0.454. The molecule has 0 N–H and O–H groups in total. The Kier molecular flexibility index (Phi) is 4.10. The van der Waals surface area contributed by atoms with E-state index in [1.807, 2.05) is 6.07 Å². The maximum Gasteiger partial charge on any atom is 0.370 e. The van der Waals surface area contributed by atoms with Crippen LogP contribution in [0, 0.1) is 11.9 Å². The first kappa shape index (κ1) is 11.8. The van der Waals surface area contributed by atoms with Gasteiger partial charge in [0.25, 0.3) is 0 Å². The first-order chi connectivity index (χ1) is 5.00. The number of alkyl halides is 3. The van der Waals surface area contributed by atoms with Crippen molar-refractivity contribution in [3.05, 3.63) is 35.6 Å². The molecule has 0 aromatic heterocycles. The molecular weight excluding hydrogens is 205 g/mol. The molecular formula is C7H3F4Sc-. The van der Waals surface area contributed by atoms with Gasteiger partial charge in [0.1, 0.15) is 0 Å². The molecule has 0 unspecified atom stereocenters. The van der Waals surface area contributed by atoms with Crippen molar-refractivity contribution in [2.75, 3.05) is 0 Å². The van der Waals surface area contributed by atoms with Crippen molar-refractivity contribution in [2.45, 2.75) is 6.18 Å². The van der Waals surface area contributed by atoms with Gasteiger partial charge in [0.05, 0.1) is 0 Å². The normalized spacial score (nSPS) is 10.7. The Labute approximate surface area is 85.4 Å². The monoisotopic (exact) mass is 208 g/mol. The fourth-order valence-corrected chi connectivity index (χ4v) is 0.607. The molecule has 12 heavy (non-hydrogen) atoms. The zero-order chi connectivity index (χ0) is 8.48. The Morgan fingerprint density at radius 2 is 1.75 bits per heavy atom. The first-order valence-electron chi connectivity index (χ1n) is 2.74. The van der Waals surface area contributed by atoms with Gasteiger partial charge in [0, 0.05) is 31.7 Å². The maximum atomic E-state index is 12.2. The minimum Gasteiger partial charge on any atom is -0.284 e. The summed E-state index contributed by atoms with van der Waals surface area (Å²) in [6.45, 7) is 0. The molecule has 5 heteroatoms. The molecule has 1 radical (unpaired) electrons. The van der Waals surface area contributed by atoms with Gasteiger partial charge < -0.3 is 0 Å². The minimum atomic E-state index is -4.49. The van der Waals surface area contributed by atoms with Gasteiger partial charge in [0.15, 0.2) is 0 Å². The van der Waals surface area contributed by atoms with E-state index in [-0.39, 0.29) is 25.8 Å². The molecule has 0 nitrogen and oxygen atoms in total. The van der Waals surface area contributed by atoms with Gasteiger partial charge in [-0.2, -0.15) is 25.3 Å². The zero-order valence-corrected chi connectivity index (χ0v) is 7.62. The van der Waals surface area contributed by atoms with Crippen LogP contribution in [0.4, 0.5) is 17.6 Å². The van der Waals surface area contributed by atoms with Crippen LogP contribution in [0.25, 0.3) is 0 Å². The van der Waals surface area contributed by atoms with E-state index in [1.165, 1.54) is 0 Å². The Balaban J connectivity index is 0.00000121. The zero-order valence-electron chi connectivity index (χ0n) is 5.82. The summed E-state index contributed by atoms with van der Waals surface area (Å²) in [6, 6.07) is 4.01. The van der Waals surface area contributed by atoms with Crippen LogP contribution in [0.5, 0.6) is 0 Å². The van der Waals surface area contributed by atoms with Gasteiger partial charge in [0.2, 0.25) is 0 Å². The molecule has 63 valence electrons. The molecule has 0 atom stereocenters. The minimum absolute atomic E-state index is 0. The second kappa shape index (κ2) is 4.16. The van der Waals surface area contributed by atoms with Gasteiger partial charge in [-0.15, -0.1) is 12.1 Å². The smallest absolute Gasteiger partial charge is 0.284 e. The van der Waals surface area contributed by atoms with E-state index in [9.17, 15) is 17.6 Å². The summed E-state index contributed by atoms with van der Waals surface area (Å²) in [5, 5.41) is 0. The second-order valence-corrected chi connectivity index (χ2v) is 1.94. The third kappa shape index (κ3) is 3.05. The third-order valence-corrected chi connectivity index (χ3v) is 1.08. The molecule has 0 bridgehead atoms. The summed E-state index contributed by atoms with van der Waals surface area (Å²) in [7, 11) is 0. The van der Waals surface area contributed by atoms with E-state index in [4.69, 9.17) is 0 Å². The van der Waals surface area contributed by atoms with Crippen molar-refractivity contribution in [2.24, 2.45) is 0 Å². The molecule has 0 saturated carbocycles. The SMILES string of the molecule is Fc1c[c-]cc(C(F)(F)F)c1.[Sc]. The van der Waals surface area contributed by atoms with Crippen LogP contribution in [-0.2, 0) is 32.0 Å². The second-order valence-electron chi connectivity index (χ2n) is 1.94. The van der Waals surface area contributed by atoms with Gasteiger partial charge >= 0.3 is 6.18 Å². The summed E-state index contributed by atoms with van der Waals surface area (Å²) in [6.07, 6.45) is -4.49. The van der Waals surface area contributed by atoms with Gasteiger partial charge in [-0.3, -0.25) is 4.39 Å². The van der Waals surface area contributed by atoms with Crippen LogP contribution in [0.2, 0.25) is 0 Å². The van der Waals surface area contributed by atoms with Gasteiger partial charge in [-0.25, -0.2) is 0 Å². The summed E-state index contributed by atoms with van der Waals surface area (Å²) in [4.78, 5) is 0. The summed E-state index contributed by atoms with van der Waals surface area (Å²) in [5.74, 6) is -0.931. The molecule has 0 saturated heterocycles. The fraction of sp³-hybridized carbons (Fsp3) is 0.143. The van der Waals surface area contributed by atoms with E-state index in [2.05, 4.69) is 0 Å². The van der Waals surface area contributed by atoms with Crippen molar-refractivity contribution < 1.29 is 43.4 Å². The average Bonchev–Trinajstić information content (AvgIpc) is 1.86. The number of benzene rings is 1. The van der Waals surface area contributed by atoms with Crippen LogP contribution < -0.4 is 0 Å². The largest absolute Gasteiger partial charge is 0.370 e. The summed E-state index contributed by atoms with van der Waals surface area (Å²) < 4.78 is 47.5. The maximum absolute atomic E-state index is 12.2. The molecule has 0 amide bonds. The Bertz CT molecular complexity index is 256. The first-order valence-corrected chi connectivity index (χ1v) is 2.74. The van der Waals surface area contributed by atoms with Crippen molar-refractivity contribution in [1.29, 1.82) is 0 Å². The Morgan fingerprint density at radius 3 is 2.08 bits per heavy atom. The van der Waals surface area contributed by atoms with Crippen molar-refractivity contribution in [3.63, 3.8) is 0 Å². The van der Waals surface area contributed by atoms with E-state index >= 15 is 0 Å². The van der Waals surface area contributed by atoms with Crippen molar-refractivity contribution >= 4 is 0 Å². The van der Waals surface area contributed by atoms with Gasteiger partial charge in [-0.1, -0.05) is 5.56 Å². The predicted molar refractivity (Wildman–Crippen MR) is 30.2 cm³/mol. The van der Waals surface area contributed by atoms with Crippen molar-refractivity contribution in [1.82, 2.24) is 0 Å². The Morgan fingerprint density at radius 1 is 1.17 bits per heavy atom. The fourth-order valence-electron chi connectivity index (χ4n) is 0.607. The van der Waals surface area contributed by atoms with Crippen molar-refractivity contribution in [3.8, 4) is 0 Å².